The van der Waals surface area contributed by atoms with E-state index in [-0.39, 0.29) is 0 Å². The lowest BCUT2D eigenvalue weighted by Crippen LogP contribution is -1.98. The summed E-state index contributed by atoms with van der Waals surface area (Å²) in [5.41, 5.74) is 1.49. The summed E-state index contributed by atoms with van der Waals surface area (Å²) in [5, 5.41) is 2.78. The Bertz CT molecular complexity index is 437. The van der Waals surface area contributed by atoms with Crippen LogP contribution in [0.4, 0.5) is 0 Å². The molecular weight excluding hydrogens is 180 g/mol. The van der Waals surface area contributed by atoms with Crippen LogP contribution in [-0.2, 0) is 6.42 Å². The van der Waals surface area contributed by atoms with Gasteiger partial charge in [0, 0.05) is 0 Å². The largest absolute Gasteiger partial charge is 0.0651 e. The van der Waals surface area contributed by atoms with Gasteiger partial charge in [-0.1, -0.05) is 62.7 Å². The second-order valence-electron chi connectivity index (χ2n) is 4.36. The fourth-order valence-electron chi connectivity index (χ4n) is 1.99. The van der Waals surface area contributed by atoms with Gasteiger partial charge in [-0.3, -0.25) is 0 Å². The van der Waals surface area contributed by atoms with Gasteiger partial charge in [0.1, 0.15) is 0 Å². The summed E-state index contributed by atoms with van der Waals surface area (Å²) in [6.45, 7) is 4.58. The monoisotopic (exact) mass is 198 g/mol. The molecule has 2 rings (SSSR count). The van der Waals surface area contributed by atoms with Crippen LogP contribution >= 0.6 is 0 Å². The van der Waals surface area contributed by atoms with Gasteiger partial charge in [-0.15, -0.1) is 0 Å². The first-order valence-electron chi connectivity index (χ1n) is 5.78. The Morgan fingerprint density at radius 2 is 1.73 bits per heavy atom. The lowest BCUT2D eigenvalue weighted by molar-refractivity contribution is 0.562. The zero-order valence-corrected chi connectivity index (χ0v) is 9.53. The molecular formula is C15H18. The molecule has 0 heterocycles. The summed E-state index contributed by atoms with van der Waals surface area (Å²) in [6.07, 6.45) is 2.45. The second-order valence-corrected chi connectivity index (χ2v) is 4.36. The van der Waals surface area contributed by atoms with E-state index in [0.29, 0.717) is 0 Å². The Balaban J connectivity index is 2.42. The van der Waals surface area contributed by atoms with Gasteiger partial charge in [0.25, 0.3) is 0 Å². The summed E-state index contributed by atoms with van der Waals surface area (Å²) in [7, 11) is 0. The average molecular weight is 198 g/mol. The zero-order valence-electron chi connectivity index (χ0n) is 9.53. The third-order valence-corrected chi connectivity index (χ3v) is 3.15. The number of hydrogen-bond acceptors (Lipinski definition) is 0. The highest BCUT2D eigenvalue weighted by atomic mass is 14.1. The van der Waals surface area contributed by atoms with Crippen molar-refractivity contribution >= 4 is 10.8 Å². The van der Waals surface area contributed by atoms with E-state index in [1.54, 1.807) is 0 Å². The fraction of sp³-hybridized carbons (Fsp3) is 0.333. The van der Waals surface area contributed by atoms with E-state index in [2.05, 4.69) is 56.3 Å². The maximum absolute atomic E-state index is 2.32. The van der Waals surface area contributed by atoms with Crippen molar-refractivity contribution in [1.29, 1.82) is 0 Å². The van der Waals surface area contributed by atoms with E-state index in [1.165, 1.54) is 29.2 Å². The summed E-state index contributed by atoms with van der Waals surface area (Å²) < 4.78 is 0. The van der Waals surface area contributed by atoms with Crippen LogP contribution in [0.5, 0.6) is 0 Å². The molecule has 0 fully saturated rings. The Morgan fingerprint density at radius 1 is 1.00 bits per heavy atom. The first kappa shape index (κ1) is 10.2. The molecule has 0 nitrogen and oxygen atoms in total. The molecule has 78 valence electrons. The Morgan fingerprint density at radius 3 is 2.53 bits per heavy atom. The molecule has 0 N–H and O–H groups in total. The predicted molar refractivity (Wildman–Crippen MR) is 67.1 cm³/mol. The highest BCUT2D eigenvalue weighted by Gasteiger charge is 2.04. The third kappa shape index (κ3) is 2.20. The van der Waals surface area contributed by atoms with Gasteiger partial charge in [0.05, 0.1) is 0 Å². The van der Waals surface area contributed by atoms with E-state index in [9.17, 15) is 0 Å². The maximum Gasteiger partial charge on any atom is -0.0152 e. The van der Waals surface area contributed by atoms with Crippen LogP contribution in [0.1, 0.15) is 25.8 Å². The normalized spacial score (nSPS) is 12.9. The molecule has 0 aliphatic carbocycles. The number of fused-ring (bicyclic) bond motifs is 1. The van der Waals surface area contributed by atoms with Crippen LogP contribution in [0.2, 0.25) is 0 Å². The third-order valence-electron chi connectivity index (χ3n) is 3.15. The Labute approximate surface area is 91.9 Å². The fourth-order valence-corrected chi connectivity index (χ4v) is 1.99. The van der Waals surface area contributed by atoms with Gasteiger partial charge in [-0.2, -0.15) is 0 Å². The van der Waals surface area contributed by atoms with Crippen molar-refractivity contribution in [3.05, 3.63) is 48.0 Å². The van der Waals surface area contributed by atoms with Crippen LogP contribution in [0.15, 0.2) is 42.5 Å². The van der Waals surface area contributed by atoms with Crippen LogP contribution in [-0.4, -0.2) is 0 Å². The highest BCUT2D eigenvalue weighted by Crippen LogP contribution is 2.21. The molecule has 0 aliphatic rings. The minimum atomic E-state index is 0.774. The molecule has 0 aliphatic heterocycles. The van der Waals surface area contributed by atoms with E-state index in [1.807, 2.05) is 0 Å². The molecule has 15 heavy (non-hydrogen) atoms. The maximum atomic E-state index is 2.32. The van der Waals surface area contributed by atoms with Crippen LogP contribution in [0.3, 0.4) is 0 Å². The summed E-state index contributed by atoms with van der Waals surface area (Å²) in [4.78, 5) is 0. The second kappa shape index (κ2) is 4.48. The van der Waals surface area contributed by atoms with Crippen molar-refractivity contribution in [3.63, 3.8) is 0 Å². The molecule has 0 spiro atoms. The minimum Gasteiger partial charge on any atom is -0.0651 e. The SMILES string of the molecule is CCC(C)Cc1cccc2ccccc12. The van der Waals surface area contributed by atoms with Crippen molar-refractivity contribution in [3.8, 4) is 0 Å². The van der Waals surface area contributed by atoms with Crippen LogP contribution in [0, 0.1) is 5.92 Å². The molecule has 0 saturated heterocycles. The van der Waals surface area contributed by atoms with Crippen molar-refractivity contribution in [2.45, 2.75) is 26.7 Å². The topological polar surface area (TPSA) is 0 Å². The molecule has 0 aromatic heterocycles. The van der Waals surface area contributed by atoms with Gasteiger partial charge in [0.15, 0.2) is 0 Å². The molecule has 0 radical (unpaired) electrons. The summed E-state index contributed by atoms with van der Waals surface area (Å²) in [5.74, 6) is 0.774. The Kier molecular flexibility index (Phi) is 3.05. The molecule has 2 aromatic carbocycles. The number of benzene rings is 2. The van der Waals surface area contributed by atoms with Crippen molar-refractivity contribution in [1.82, 2.24) is 0 Å². The van der Waals surface area contributed by atoms with Crippen LogP contribution in [0.25, 0.3) is 10.8 Å². The molecule has 1 unspecified atom stereocenters. The van der Waals surface area contributed by atoms with E-state index in [4.69, 9.17) is 0 Å². The van der Waals surface area contributed by atoms with E-state index >= 15 is 0 Å². The number of rotatable bonds is 3. The molecule has 0 bridgehead atoms. The number of hydrogen-bond donors (Lipinski definition) is 0. The molecule has 1 atom stereocenters. The van der Waals surface area contributed by atoms with E-state index < -0.39 is 0 Å². The zero-order chi connectivity index (χ0) is 10.7. The quantitative estimate of drug-likeness (QED) is 0.684. The standard InChI is InChI=1S/C15H18/c1-3-12(2)11-14-9-6-8-13-7-4-5-10-15(13)14/h4-10,12H,3,11H2,1-2H3. The highest BCUT2D eigenvalue weighted by molar-refractivity contribution is 5.85. The lowest BCUT2D eigenvalue weighted by Gasteiger charge is -2.10. The molecule has 0 amide bonds. The molecule has 0 heteroatoms. The van der Waals surface area contributed by atoms with Crippen molar-refractivity contribution < 1.29 is 0 Å². The predicted octanol–water partition coefficient (Wildman–Crippen LogP) is 4.43. The molecule has 0 saturated carbocycles. The van der Waals surface area contributed by atoms with Crippen LogP contribution < -0.4 is 0 Å². The van der Waals surface area contributed by atoms with E-state index in [0.717, 1.165) is 5.92 Å². The minimum absolute atomic E-state index is 0.774. The Hall–Kier alpha value is -1.30. The molecule has 2 aromatic rings. The first-order valence-corrected chi connectivity index (χ1v) is 5.78. The van der Waals surface area contributed by atoms with Gasteiger partial charge in [-0.05, 0) is 28.7 Å². The van der Waals surface area contributed by atoms with Crippen molar-refractivity contribution in [2.24, 2.45) is 5.92 Å². The smallest absolute Gasteiger partial charge is 0.0152 e. The summed E-state index contributed by atoms with van der Waals surface area (Å²) >= 11 is 0. The average Bonchev–Trinajstić information content (AvgIpc) is 2.29. The van der Waals surface area contributed by atoms with Gasteiger partial charge in [0.2, 0.25) is 0 Å². The van der Waals surface area contributed by atoms with Gasteiger partial charge >= 0.3 is 0 Å². The first-order chi connectivity index (χ1) is 7.31. The van der Waals surface area contributed by atoms with Gasteiger partial charge < -0.3 is 0 Å². The lowest BCUT2D eigenvalue weighted by atomic mass is 9.95. The van der Waals surface area contributed by atoms with Gasteiger partial charge in [-0.25, -0.2) is 0 Å². The summed E-state index contributed by atoms with van der Waals surface area (Å²) in [6, 6.07) is 15.3. The van der Waals surface area contributed by atoms with Crippen molar-refractivity contribution in [2.75, 3.05) is 0 Å².